The number of hydrogen-bond acceptors (Lipinski definition) is 8. The summed E-state index contributed by atoms with van der Waals surface area (Å²) in [5, 5.41) is 21.0. The van der Waals surface area contributed by atoms with Gasteiger partial charge in [-0.25, -0.2) is 24.3 Å². The molecule has 1 aliphatic carbocycles. The van der Waals surface area contributed by atoms with Crippen molar-refractivity contribution >= 4 is 27.8 Å². The SMILES string of the molecule is Cc1cn(-c2nccc3[nH]c(-c4[nH]nc5ncc(-c6cncc(NC(O)C7CCCC7)c6)c(F)c45)nc23)cn1. The van der Waals surface area contributed by atoms with Gasteiger partial charge in [-0.2, -0.15) is 5.10 Å². The minimum Gasteiger partial charge on any atom is -0.374 e. The van der Waals surface area contributed by atoms with Gasteiger partial charge in [-0.3, -0.25) is 14.6 Å². The van der Waals surface area contributed by atoms with Crippen molar-refractivity contribution in [2.24, 2.45) is 5.92 Å². The van der Waals surface area contributed by atoms with Gasteiger partial charge in [0.25, 0.3) is 0 Å². The van der Waals surface area contributed by atoms with E-state index in [9.17, 15) is 5.11 Å². The van der Waals surface area contributed by atoms with E-state index in [0.29, 0.717) is 34.1 Å². The molecule has 6 heterocycles. The molecule has 11 nitrogen and oxygen atoms in total. The number of hydrogen-bond donors (Lipinski definition) is 4. The van der Waals surface area contributed by atoms with Gasteiger partial charge in [-0.15, -0.1) is 0 Å². The molecule has 1 saturated carbocycles. The first-order valence-corrected chi connectivity index (χ1v) is 12.8. The van der Waals surface area contributed by atoms with Crippen LogP contribution in [-0.4, -0.2) is 56.0 Å². The number of imidazole rings is 2. The number of H-pyrrole nitrogens is 2. The molecule has 0 amide bonds. The summed E-state index contributed by atoms with van der Waals surface area (Å²) in [5.41, 5.74) is 4.22. The molecular formula is C27H25FN10O. The predicted molar refractivity (Wildman–Crippen MR) is 143 cm³/mol. The van der Waals surface area contributed by atoms with Crippen molar-refractivity contribution in [2.45, 2.75) is 38.8 Å². The number of fused-ring (bicyclic) bond motifs is 2. The van der Waals surface area contributed by atoms with Crippen LogP contribution in [-0.2, 0) is 0 Å². The molecule has 1 atom stereocenters. The standard InChI is InChI=1S/C27H25FN10O/c1-14-12-38(13-32-14)26-22-19(6-7-30-26)34-25(35-22)23-20-21(28)18(11-31-24(20)37-36-23)16-8-17(10-29-9-16)33-27(39)15-4-2-3-5-15/h6-13,15,27,33,39H,2-5H2,1H3,(H,34,35)(H,31,36,37). The quantitative estimate of drug-likeness (QED) is 0.233. The van der Waals surface area contributed by atoms with Gasteiger partial charge >= 0.3 is 0 Å². The maximum absolute atomic E-state index is 16.1. The van der Waals surface area contributed by atoms with E-state index in [1.165, 1.54) is 6.20 Å². The van der Waals surface area contributed by atoms with Crippen molar-refractivity contribution in [1.29, 1.82) is 0 Å². The van der Waals surface area contributed by atoms with Gasteiger partial charge < -0.3 is 15.4 Å². The minimum atomic E-state index is -0.672. The lowest BCUT2D eigenvalue weighted by atomic mass is 10.1. The van der Waals surface area contributed by atoms with E-state index in [1.807, 2.05) is 19.2 Å². The Kier molecular flexibility index (Phi) is 5.55. The molecular weight excluding hydrogens is 499 g/mol. The van der Waals surface area contributed by atoms with Crippen molar-refractivity contribution < 1.29 is 9.50 Å². The Balaban J connectivity index is 1.28. The number of aromatic nitrogens is 9. The summed E-state index contributed by atoms with van der Waals surface area (Å²) < 4.78 is 17.9. The molecule has 7 rings (SSSR count). The minimum absolute atomic E-state index is 0.203. The molecule has 0 radical (unpaired) electrons. The van der Waals surface area contributed by atoms with Crippen LogP contribution in [0.3, 0.4) is 0 Å². The summed E-state index contributed by atoms with van der Waals surface area (Å²) >= 11 is 0. The number of aliphatic hydroxyl groups excluding tert-OH is 1. The maximum Gasteiger partial charge on any atom is 0.184 e. The van der Waals surface area contributed by atoms with Crippen LogP contribution in [0.4, 0.5) is 10.1 Å². The largest absolute Gasteiger partial charge is 0.374 e. The van der Waals surface area contributed by atoms with Crippen LogP contribution in [0.2, 0.25) is 0 Å². The zero-order chi connectivity index (χ0) is 26.5. The molecule has 12 heteroatoms. The Labute approximate surface area is 221 Å². The average molecular weight is 525 g/mol. The van der Waals surface area contributed by atoms with E-state index in [0.717, 1.165) is 36.9 Å². The fraction of sp³-hybridized carbons (Fsp3) is 0.259. The van der Waals surface area contributed by atoms with Crippen LogP contribution in [0.25, 0.3) is 50.5 Å². The van der Waals surface area contributed by atoms with E-state index < -0.39 is 12.0 Å². The van der Waals surface area contributed by atoms with E-state index in [2.05, 4.69) is 40.4 Å². The molecule has 6 aromatic heterocycles. The topological polar surface area (TPSA) is 146 Å². The fourth-order valence-electron chi connectivity index (χ4n) is 5.32. The molecule has 196 valence electrons. The number of halogens is 1. The third kappa shape index (κ3) is 4.09. The number of nitrogens with one attached hydrogen (secondary N) is 3. The van der Waals surface area contributed by atoms with Crippen LogP contribution in [0.15, 0.2) is 49.4 Å². The number of aryl methyl sites for hydroxylation is 1. The summed E-state index contributed by atoms with van der Waals surface area (Å²) in [6.07, 6.45) is 13.4. The molecule has 1 unspecified atom stereocenters. The first kappa shape index (κ1) is 23.4. The van der Waals surface area contributed by atoms with Gasteiger partial charge in [0.05, 0.1) is 28.5 Å². The van der Waals surface area contributed by atoms with Gasteiger partial charge in [0.15, 0.2) is 17.3 Å². The van der Waals surface area contributed by atoms with Crippen molar-refractivity contribution in [3.05, 3.63) is 61.0 Å². The van der Waals surface area contributed by atoms with Crippen molar-refractivity contribution in [1.82, 2.24) is 44.7 Å². The highest BCUT2D eigenvalue weighted by Crippen LogP contribution is 2.34. The van der Waals surface area contributed by atoms with Crippen LogP contribution in [0.5, 0.6) is 0 Å². The number of aliphatic hydroxyl groups is 1. The second kappa shape index (κ2) is 9.24. The lowest BCUT2D eigenvalue weighted by Gasteiger charge is -2.20. The molecule has 0 saturated heterocycles. The van der Waals surface area contributed by atoms with E-state index in [-0.39, 0.29) is 22.5 Å². The molecule has 1 fully saturated rings. The van der Waals surface area contributed by atoms with Crippen LogP contribution >= 0.6 is 0 Å². The summed E-state index contributed by atoms with van der Waals surface area (Å²) in [7, 11) is 0. The second-order valence-corrected chi connectivity index (χ2v) is 9.92. The number of nitrogens with zero attached hydrogens (tertiary/aromatic N) is 7. The Morgan fingerprint density at radius 3 is 2.85 bits per heavy atom. The van der Waals surface area contributed by atoms with Gasteiger partial charge in [0.1, 0.15) is 29.6 Å². The number of rotatable bonds is 6. The van der Waals surface area contributed by atoms with Crippen molar-refractivity contribution in [2.75, 3.05) is 5.32 Å². The predicted octanol–water partition coefficient (Wildman–Crippen LogP) is 4.51. The van der Waals surface area contributed by atoms with Gasteiger partial charge in [-0.05, 0) is 31.9 Å². The first-order valence-electron chi connectivity index (χ1n) is 12.8. The number of anilines is 1. The molecule has 6 aromatic rings. The van der Waals surface area contributed by atoms with Crippen molar-refractivity contribution in [3.8, 4) is 28.5 Å². The normalized spacial score (nSPS) is 14.9. The van der Waals surface area contributed by atoms with Crippen LogP contribution in [0.1, 0.15) is 31.4 Å². The third-order valence-electron chi connectivity index (χ3n) is 7.30. The van der Waals surface area contributed by atoms with Crippen LogP contribution in [0, 0.1) is 18.7 Å². The lowest BCUT2D eigenvalue weighted by molar-refractivity contribution is 0.137. The highest BCUT2D eigenvalue weighted by molar-refractivity contribution is 5.95. The first-order chi connectivity index (χ1) is 19.0. The Morgan fingerprint density at radius 1 is 1.15 bits per heavy atom. The second-order valence-electron chi connectivity index (χ2n) is 9.92. The highest BCUT2D eigenvalue weighted by Gasteiger charge is 2.24. The molecule has 0 aliphatic heterocycles. The zero-order valence-electron chi connectivity index (χ0n) is 21.1. The highest BCUT2D eigenvalue weighted by atomic mass is 19.1. The molecule has 0 spiro atoms. The molecule has 0 bridgehead atoms. The van der Waals surface area contributed by atoms with Crippen LogP contribution < -0.4 is 5.32 Å². The Hall–Kier alpha value is -4.71. The summed E-state index contributed by atoms with van der Waals surface area (Å²) in [4.78, 5) is 25.4. The molecule has 1 aliphatic rings. The van der Waals surface area contributed by atoms with E-state index >= 15 is 4.39 Å². The summed E-state index contributed by atoms with van der Waals surface area (Å²) in [6.45, 7) is 1.90. The summed E-state index contributed by atoms with van der Waals surface area (Å²) in [5.74, 6) is 0.718. The summed E-state index contributed by atoms with van der Waals surface area (Å²) in [6, 6.07) is 3.57. The molecule has 4 N–H and O–H groups in total. The number of aromatic amines is 2. The maximum atomic E-state index is 16.1. The van der Waals surface area contributed by atoms with Gasteiger partial charge in [0, 0.05) is 41.8 Å². The van der Waals surface area contributed by atoms with Gasteiger partial charge in [0.2, 0.25) is 0 Å². The van der Waals surface area contributed by atoms with Gasteiger partial charge in [-0.1, -0.05) is 12.8 Å². The third-order valence-corrected chi connectivity index (χ3v) is 7.30. The van der Waals surface area contributed by atoms with E-state index in [1.54, 1.807) is 35.6 Å². The lowest BCUT2D eigenvalue weighted by Crippen LogP contribution is -2.26. The fourth-order valence-corrected chi connectivity index (χ4v) is 5.32. The Morgan fingerprint density at radius 2 is 2.03 bits per heavy atom. The molecule has 39 heavy (non-hydrogen) atoms. The molecule has 0 aromatic carbocycles. The zero-order valence-corrected chi connectivity index (χ0v) is 21.1. The Bertz CT molecular complexity index is 1820. The van der Waals surface area contributed by atoms with E-state index in [4.69, 9.17) is 4.98 Å². The van der Waals surface area contributed by atoms with Crippen molar-refractivity contribution in [3.63, 3.8) is 0 Å². The smallest absolute Gasteiger partial charge is 0.184 e. The average Bonchev–Trinajstić information content (AvgIpc) is 3.75. The number of pyridine rings is 3. The monoisotopic (exact) mass is 524 g/mol.